The molecule has 0 saturated carbocycles. The van der Waals surface area contributed by atoms with E-state index in [9.17, 15) is 17.6 Å². The van der Waals surface area contributed by atoms with Crippen molar-refractivity contribution in [2.24, 2.45) is 0 Å². The van der Waals surface area contributed by atoms with Gasteiger partial charge in [0.2, 0.25) is 0 Å². The van der Waals surface area contributed by atoms with Gasteiger partial charge in [0.1, 0.15) is 0 Å². The monoisotopic (exact) mass is 638 g/mol. The summed E-state index contributed by atoms with van der Waals surface area (Å²) in [7, 11) is 0. The van der Waals surface area contributed by atoms with E-state index in [1.807, 2.05) is 36.4 Å². The number of hydrogen-bond donors (Lipinski definition) is 2. The smallest absolute Gasteiger partial charge is 0.426 e. The van der Waals surface area contributed by atoms with Gasteiger partial charge < -0.3 is 10.6 Å². The quantitative estimate of drug-likeness (QED) is 0.0795. The number of allylic oxidation sites excluding steroid dienone is 8. The zero-order chi connectivity index (χ0) is 29.3. The van der Waals surface area contributed by atoms with Crippen LogP contribution in [0.4, 0.5) is 28.9 Å². The average molecular weight is 639 g/mol. The Labute approximate surface area is 267 Å². The molecule has 0 aromatic heterocycles. The Bertz CT molecular complexity index is 958. The normalized spacial score (nSPS) is 11.9. The minimum absolute atomic E-state index is 0. The summed E-state index contributed by atoms with van der Waals surface area (Å²) in [6.07, 6.45) is 24.6. The van der Waals surface area contributed by atoms with Crippen molar-refractivity contribution in [3.8, 4) is 0 Å². The van der Waals surface area contributed by atoms with Crippen LogP contribution < -0.4 is 10.6 Å². The molecule has 220 valence electrons. The molecule has 2 N–H and O–H groups in total. The molecule has 0 aliphatic heterocycles. The van der Waals surface area contributed by atoms with Gasteiger partial charge in [-0.25, -0.2) is 41.9 Å². The van der Waals surface area contributed by atoms with Crippen LogP contribution in [-0.2, 0) is 21.7 Å². The maximum absolute atomic E-state index is 13.1. The third-order valence-corrected chi connectivity index (χ3v) is 6.76. The van der Waals surface area contributed by atoms with Crippen molar-refractivity contribution in [1.82, 2.24) is 0 Å². The molecular weight excluding hydrogens is 600 g/mol. The van der Waals surface area contributed by atoms with Gasteiger partial charge in [-0.15, -0.1) is 72.8 Å². The molecule has 2 nitrogen and oxygen atoms in total. The fraction of sp³-hybridized carbons (Fsp3) is 0.375. The minimum atomic E-state index is -0.670. The van der Waals surface area contributed by atoms with E-state index < -0.39 is 23.3 Å². The Morgan fingerprint density at radius 2 is 1.10 bits per heavy atom. The summed E-state index contributed by atoms with van der Waals surface area (Å²) >= 11 is 3.40. The van der Waals surface area contributed by atoms with E-state index in [0.717, 1.165) is 50.0 Å². The second-order valence-corrected chi connectivity index (χ2v) is 10.5. The van der Waals surface area contributed by atoms with Crippen LogP contribution in [0.1, 0.15) is 52.4 Å². The van der Waals surface area contributed by atoms with Crippen molar-refractivity contribution in [2.45, 2.75) is 52.4 Å². The summed E-state index contributed by atoms with van der Waals surface area (Å²) in [6.45, 7) is 4.26. The molecule has 2 aromatic carbocycles. The van der Waals surface area contributed by atoms with Gasteiger partial charge in [0.25, 0.3) is 0 Å². The van der Waals surface area contributed by atoms with E-state index in [1.54, 1.807) is 23.5 Å². The first-order valence-electron chi connectivity index (χ1n) is 13.3. The van der Waals surface area contributed by atoms with Crippen LogP contribution in [0.25, 0.3) is 0 Å². The van der Waals surface area contributed by atoms with Gasteiger partial charge in [-0.05, 0) is 35.7 Å². The van der Waals surface area contributed by atoms with Crippen molar-refractivity contribution in [3.63, 3.8) is 0 Å². The molecule has 0 radical (unpaired) electrons. The van der Waals surface area contributed by atoms with Crippen LogP contribution in [0.2, 0.25) is 0 Å². The van der Waals surface area contributed by atoms with Crippen molar-refractivity contribution in [1.29, 1.82) is 0 Å². The predicted molar refractivity (Wildman–Crippen MR) is 165 cm³/mol. The van der Waals surface area contributed by atoms with Crippen LogP contribution in [0.5, 0.6) is 0 Å². The molecule has 0 bridgehead atoms. The molecule has 4 rings (SSSR count). The average Bonchev–Trinajstić information content (AvgIpc) is 3.71. The van der Waals surface area contributed by atoms with Gasteiger partial charge >= 0.3 is 21.7 Å². The largest absolute Gasteiger partial charge is 4.00 e. The summed E-state index contributed by atoms with van der Waals surface area (Å²) in [5, 5.41) is 5.78. The molecule has 9 heteroatoms. The van der Waals surface area contributed by atoms with Crippen LogP contribution >= 0.6 is 23.5 Å². The third kappa shape index (κ3) is 21.5. The van der Waals surface area contributed by atoms with Crippen molar-refractivity contribution in [3.05, 3.63) is 108 Å². The number of thioether (sulfide) groups is 2. The SMILES string of the molecule is CCCCSCNc1ccc(F)[c-]c1F.CCCCSCNc1ccc(F)[c-]c1F.[C-]1=CC=CC1.[C-]1=CC=CC1.[Ti+4]. The van der Waals surface area contributed by atoms with Gasteiger partial charge in [0.15, 0.2) is 0 Å². The molecule has 41 heavy (non-hydrogen) atoms. The molecule has 0 spiro atoms. The van der Waals surface area contributed by atoms with Crippen molar-refractivity contribution >= 4 is 34.9 Å². The first kappa shape index (κ1) is 39.1. The van der Waals surface area contributed by atoms with Crippen LogP contribution in [-0.4, -0.2) is 23.3 Å². The minimum Gasteiger partial charge on any atom is -0.426 e. The van der Waals surface area contributed by atoms with Gasteiger partial charge in [-0.3, -0.25) is 12.2 Å². The Morgan fingerprint density at radius 1 is 0.683 bits per heavy atom. The number of hydrogen-bond acceptors (Lipinski definition) is 4. The molecule has 0 amide bonds. The molecule has 2 aliphatic carbocycles. The maximum atomic E-state index is 13.1. The summed E-state index contributed by atoms with van der Waals surface area (Å²) in [4.78, 5) is 0. The predicted octanol–water partition coefficient (Wildman–Crippen LogP) is 9.94. The van der Waals surface area contributed by atoms with Crippen LogP contribution in [0, 0.1) is 47.6 Å². The maximum Gasteiger partial charge on any atom is 4.00 e. The van der Waals surface area contributed by atoms with Crippen LogP contribution in [0.15, 0.2) is 60.7 Å². The Kier molecular flexibility index (Phi) is 25.8. The van der Waals surface area contributed by atoms with E-state index >= 15 is 0 Å². The van der Waals surface area contributed by atoms with Crippen LogP contribution in [0.3, 0.4) is 0 Å². The number of halogens is 4. The van der Waals surface area contributed by atoms with E-state index in [0.29, 0.717) is 23.1 Å². The third-order valence-electron chi connectivity index (χ3n) is 4.91. The number of nitrogens with one attached hydrogen (secondary N) is 2. The number of anilines is 2. The second kappa shape index (κ2) is 27.0. The number of benzene rings is 2. The molecular formula is C32H38F4N2S2Ti. The number of unbranched alkanes of at least 4 members (excludes halogenated alkanes) is 2. The molecule has 0 fully saturated rings. The summed E-state index contributed by atoms with van der Waals surface area (Å²) < 4.78 is 51.1. The summed E-state index contributed by atoms with van der Waals surface area (Å²) in [5.74, 6) is 0.712. The Hall–Kier alpha value is -1.87. The molecule has 0 atom stereocenters. The fourth-order valence-electron chi connectivity index (χ4n) is 2.74. The number of rotatable bonds is 12. The van der Waals surface area contributed by atoms with E-state index in [4.69, 9.17) is 0 Å². The summed E-state index contributed by atoms with van der Waals surface area (Å²) in [5.41, 5.74) is 0.612. The standard InChI is InChI=1S/2C11H14F2NS.2C5H5.Ti/c2*1-2-3-6-15-8-14-11-5-4-9(12)7-10(11)13;2*1-2-4-5-3-1;/h2*4-5,14H,2-3,6,8H2,1H3;2*1-3H,4H2;/q4*-1;+4. The van der Waals surface area contributed by atoms with Crippen molar-refractivity contribution < 1.29 is 39.3 Å². The molecule has 2 aliphatic rings. The second-order valence-electron chi connectivity index (χ2n) is 8.24. The zero-order valence-electron chi connectivity index (χ0n) is 23.7. The van der Waals surface area contributed by atoms with E-state index in [1.165, 1.54) is 24.3 Å². The Balaban J connectivity index is 0.000000573. The first-order valence-corrected chi connectivity index (χ1v) is 15.6. The fourth-order valence-corrected chi connectivity index (χ4v) is 4.52. The zero-order valence-corrected chi connectivity index (χ0v) is 26.9. The molecule has 0 heterocycles. The molecule has 0 unspecified atom stereocenters. The van der Waals surface area contributed by atoms with Crippen molar-refractivity contribution in [2.75, 3.05) is 33.9 Å². The molecule has 2 aromatic rings. The molecule has 0 saturated heterocycles. The topological polar surface area (TPSA) is 24.1 Å². The van der Waals surface area contributed by atoms with Gasteiger partial charge in [-0.2, -0.15) is 12.2 Å². The van der Waals surface area contributed by atoms with Gasteiger partial charge in [-0.1, -0.05) is 26.7 Å². The first-order chi connectivity index (χ1) is 19.5. The summed E-state index contributed by atoms with van der Waals surface area (Å²) in [6, 6.07) is 9.15. The Morgan fingerprint density at radius 3 is 1.37 bits per heavy atom. The van der Waals surface area contributed by atoms with E-state index in [-0.39, 0.29) is 21.7 Å². The van der Waals surface area contributed by atoms with Gasteiger partial charge in [0, 0.05) is 23.3 Å². The van der Waals surface area contributed by atoms with Gasteiger partial charge in [0.05, 0.1) is 11.8 Å². The van der Waals surface area contributed by atoms with E-state index in [2.05, 4.69) is 48.8 Å².